The quantitative estimate of drug-likeness (QED) is 0.462. The minimum absolute atomic E-state index is 0.294. The molecule has 0 atom stereocenters. The van der Waals surface area contributed by atoms with Crippen molar-refractivity contribution < 1.29 is 0 Å². The summed E-state index contributed by atoms with van der Waals surface area (Å²) in [7, 11) is 0. The van der Waals surface area contributed by atoms with Crippen molar-refractivity contribution >= 4 is 45.4 Å². The summed E-state index contributed by atoms with van der Waals surface area (Å²) in [6.07, 6.45) is 4.22. The van der Waals surface area contributed by atoms with Crippen LogP contribution < -0.4 is 4.90 Å². The van der Waals surface area contributed by atoms with E-state index in [1.54, 1.807) is 11.3 Å². The summed E-state index contributed by atoms with van der Waals surface area (Å²) in [5.41, 5.74) is 2.19. The molecule has 4 rings (SSSR count). The van der Waals surface area contributed by atoms with Crippen LogP contribution in [0.3, 0.4) is 0 Å². The number of hydrogen-bond acceptors (Lipinski definition) is 4. The minimum Gasteiger partial charge on any atom is -0.313 e. The van der Waals surface area contributed by atoms with Gasteiger partial charge in [-0.15, -0.1) is 21.8 Å². The highest BCUT2D eigenvalue weighted by Crippen LogP contribution is 2.38. The van der Waals surface area contributed by atoms with Gasteiger partial charge in [-0.1, -0.05) is 53.3 Å². The Morgan fingerprint density at radius 3 is 2.27 bits per heavy atom. The van der Waals surface area contributed by atoms with Crippen molar-refractivity contribution in [1.82, 2.24) is 10.2 Å². The van der Waals surface area contributed by atoms with Crippen LogP contribution in [-0.4, -0.2) is 21.6 Å². The molecule has 134 valence electrons. The zero-order valence-electron chi connectivity index (χ0n) is 14.2. The van der Waals surface area contributed by atoms with Crippen molar-refractivity contribution in [3.05, 3.63) is 59.6 Å². The molecule has 1 aromatic heterocycles. The highest BCUT2D eigenvalue weighted by atomic mass is 35.5. The zero-order chi connectivity index (χ0) is 17.9. The molecule has 6 heteroatoms. The SMILES string of the molecule is Clc1ccc(-c2nnc(N(c3ccccc3)C3CCC(Cl)CC3)s2)cc1. The molecule has 0 aliphatic heterocycles. The standard InChI is InChI=1S/C20H19Cl2N3S/c21-15-8-6-14(7-9-15)19-23-24-20(26-19)25(17-4-2-1-3-5-17)18-12-10-16(22)11-13-18/h1-9,16,18H,10-13H2. The second-order valence-corrected chi connectivity index (χ2v) is 8.52. The zero-order valence-corrected chi connectivity index (χ0v) is 16.5. The van der Waals surface area contributed by atoms with Gasteiger partial charge in [0.1, 0.15) is 5.01 Å². The van der Waals surface area contributed by atoms with Crippen molar-refractivity contribution in [2.24, 2.45) is 0 Å². The maximum absolute atomic E-state index is 6.32. The van der Waals surface area contributed by atoms with Crippen LogP contribution in [0.15, 0.2) is 54.6 Å². The van der Waals surface area contributed by atoms with Gasteiger partial charge >= 0.3 is 0 Å². The number of halogens is 2. The summed E-state index contributed by atoms with van der Waals surface area (Å²) < 4.78 is 0. The molecule has 0 N–H and O–H groups in total. The lowest BCUT2D eigenvalue weighted by Crippen LogP contribution is -2.35. The molecule has 1 heterocycles. The molecule has 26 heavy (non-hydrogen) atoms. The van der Waals surface area contributed by atoms with Crippen molar-refractivity contribution in [1.29, 1.82) is 0 Å². The summed E-state index contributed by atoms with van der Waals surface area (Å²) in [5, 5.41) is 11.8. The summed E-state index contributed by atoms with van der Waals surface area (Å²) in [5.74, 6) is 0. The van der Waals surface area contributed by atoms with Gasteiger partial charge in [0.25, 0.3) is 0 Å². The first kappa shape index (κ1) is 17.8. The van der Waals surface area contributed by atoms with E-state index in [0.717, 1.165) is 52.1 Å². The average molecular weight is 404 g/mol. The molecule has 0 bridgehead atoms. The second-order valence-electron chi connectivity index (χ2n) is 6.51. The number of rotatable bonds is 4. The molecule has 3 aromatic rings. The first-order valence-corrected chi connectivity index (χ1v) is 10.4. The molecule has 0 radical (unpaired) electrons. The molecule has 1 saturated carbocycles. The van der Waals surface area contributed by atoms with Gasteiger partial charge in [-0.05, 0) is 49.9 Å². The van der Waals surface area contributed by atoms with Gasteiger partial charge in [-0.25, -0.2) is 0 Å². The van der Waals surface area contributed by atoms with Gasteiger partial charge < -0.3 is 4.90 Å². The molecule has 0 amide bonds. The summed E-state index contributed by atoms with van der Waals surface area (Å²) in [4.78, 5) is 2.33. The van der Waals surface area contributed by atoms with Crippen LogP contribution in [0.5, 0.6) is 0 Å². The fourth-order valence-electron chi connectivity index (χ4n) is 3.38. The molecular formula is C20H19Cl2N3S. The number of anilines is 2. The molecule has 1 aliphatic carbocycles. The predicted octanol–water partition coefficient (Wildman–Crippen LogP) is 6.55. The Bertz CT molecular complexity index is 843. The van der Waals surface area contributed by atoms with Gasteiger partial charge in [0.2, 0.25) is 5.13 Å². The van der Waals surface area contributed by atoms with Gasteiger partial charge in [-0.2, -0.15) is 0 Å². The Labute approximate surface area is 167 Å². The fraction of sp³-hybridized carbons (Fsp3) is 0.300. The van der Waals surface area contributed by atoms with E-state index < -0.39 is 0 Å². The maximum Gasteiger partial charge on any atom is 0.213 e. The number of benzene rings is 2. The third-order valence-electron chi connectivity index (χ3n) is 4.74. The smallest absolute Gasteiger partial charge is 0.213 e. The lowest BCUT2D eigenvalue weighted by molar-refractivity contribution is 0.440. The topological polar surface area (TPSA) is 29.0 Å². The van der Waals surface area contributed by atoms with Crippen LogP contribution in [0.25, 0.3) is 10.6 Å². The van der Waals surface area contributed by atoms with Crippen LogP contribution in [0.2, 0.25) is 5.02 Å². The average Bonchev–Trinajstić information content (AvgIpc) is 3.15. The minimum atomic E-state index is 0.294. The molecular weight excluding hydrogens is 385 g/mol. The highest BCUT2D eigenvalue weighted by Gasteiger charge is 2.28. The van der Waals surface area contributed by atoms with Crippen LogP contribution in [0.4, 0.5) is 10.8 Å². The van der Waals surface area contributed by atoms with Crippen molar-refractivity contribution in [3.63, 3.8) is 0 Å². The number of hydrogen-bond donors (Lipinski definition) is 0. The van der Waals surface area contributed by atoms with Gasteiger partial charge in [0, 0.05) is 27.7 Å². The Kier molecular flexibility index (Phi) is 5.44. The van der Waals surface area contributed by atoms with E-state index in [1.165, 1.54) is 0 Å². The molecule has 0 unspecified atom stereocenters. The van der Waals surface area contributed by atoms with Crippen LogP contribution in [0, 0.1) is 0 Å². The van der Waals surface area contributed by atoms with E-state index >= 15 is 0 Å². The maximum atomic E-state index is 6.32. The van der Waals surface area contributed by atoms with Crippen molar-refractivity contribution in [2.45, 2.75) is 37.1 Å². The summed E-state index contributed by atoms with van der Waals surface area (Å²) >= 11 is 13.9. The normalized spacial score (nSPS) is 20.1. The van der Waals surface area contributed by atoms with E-state index in [4.69, 9.17) is 23.2 Å². The van der Waals surface area contributed by atoms with Crippen LogP contribution >= 0.6 is 34.5 Å². The van der Waals surface area contributed by atoms with E-state index in [-0.39, 0.29) is 0 Å². The number of aromatic nitrogens is 2. The predicted molar refractivity (Wildman–Crippen MR) is 111 cm³/mol. The molecule has 0 saturated heterocycles. The van der Waals surface area contributed by atoms with E-state index in [1.807, 2.05) is 30.3 Å². The Morgan fingerprint density at radius 1 is 0.885 bits per heavy atom. The first-order chi connectivity index (χ1) is 12.7. The number of alkyl halides is 1. The van der Waals surface area contributed by atoms with E-state index in [0.29, 0.717) is 11.4 Å². The molecule has 3 nitrogen and oxygen atoms in total. The molecule has 2 aromatic carbocycles. The second kappa shape index (κ2) is 7.95. The number of para-hydroxylation sites is 1. The first-order valence-electron chi connectivity index (χ1n) is 8.78. The number of nitrogens with zero attached hydrogens (tertiary/aromatic N) is 3. The van der Waals surface area contributed by atoms with E-state index in [2.05, 4.69) is 39.4 Å². The highest BCUT2D eigenvalue weighted by molar-refractivity contribution is 7.18. The lowest BCUT2D eigenvalue weighted by atomic mass is 9.93. The van der Waals surface area contributed by atoms with Crippen molar-refractivity contribution in [2.75, 3.05) is 4.90 Å². The monoisotopic (exact) mass is 403 g/mol. The van der Waals surface area contributed by atoms with Crippen molar-refractivity contribution in [3.8, 4) is 10.6 Å². The Hall–Kier alpha value is -1.62. The molecule has 0 spiro atoms. The van der Waals surface area contributed by atoms with Crippen LogP contribution in [-0.2, 0) is 0 Å². The van der Waals surface area contributed by atoms with Gasteiger partial charge in [0.05, 0.1) is 0 Å². The van der Waals surface area contributed by atoms with Gasteiger partial charge in [0.15, 0.2) is 0 Å². The third kappa shape index (κ3) is 3.88. The fourth-order valence-corrected chi connectivity index (χ4v) is 4.70. The molecule has 1 fully saturated rings. The lowest BCUT2D eigenvalue weighted by Gasteiger charge is -2.35. The summed E-state index contributed by atoms with van der Waals surface area (Å²) in [6, 6.07) is 18.6. The summed E-state index contributed by atoms with van der Waals surface area (Å²) in [6.45, 7) is 0. The Morgan fingerprint density at radius 2 is 1.58 bits per heavy atom. The van der Waals surface area contributed by atoms with Gasteiger partial charge in [-0.3, -0.25) is 0 Å². The van der Waals surface area contributed by atoms with E-state index in [9.17, 15) is 0 Å². The largest absolute Gasteiger partial charge is 0.313 e. The molecule has 1 aliphatic rings. The van der Waals surface area contributed by atoms with Crippen LogP contribution in [0.1, 0.15) is 25.7 Å². The third-order valence-corrected chi connectivity index (χ3v) is 6.40. The Balaban J connectivity index is 1.67.